The van der Waals surface area contributed by atoms with Gasteiger partial charge in [0.1, 0.15) is 11.5 Å². The van der Waals surface area contributed by atoms with Gasteiger partial charge in [-0.05, 0) is 50.8 Å². The van der Waals surface area contributed by atoms with E-state index in [1.165, 1.54) is 13.0 Å². The first kappa shape index (κ1) is 22.8. The fourth-order valence-corrected chi connectivity index (χ4v) is 4.10. The molecule has 3 heterocycles. The summed E-state index contributed by atoms with van der Waals surface area (Å²) >= 11 is 0. The average Bonchev–Trinajstić information content (AvgIpc) is 3.04. The largest absolute Gasteiger partial charge is 0.417 e. The number of Topliss-reactive ketones (excluding diaryl/α,β-unsaturated/α-hetero) is 1. The van der Waals surface area contributed by atoms with Gasteiger partial charge in [-0.1, -0.05) is 13.3 Å². The summed E-state index contributed by atoms with van der Waals surface area (Å²) in [5.41, 5.74) is 1.72. The molecule has 168 valence electrons. The Morgan fingerprint density at radius 1 is 1.26 bits per heavy atom. The van der Waals surface area contributed by atoms with Crippen LogP contribution in [0.5, 0.6) is 0 Å². The Labute approximate surface area is 179 Å². The molecule has 0 spiro atoms. The van der Waals surface area contributed by atoms with Gasteiger partial charge in [0.15, 0.2) is 5.78 Å². The van der Waals surface area contributed by atoms with Crippen molar-refractivity contribution in [1.82, 2.24) is 15.3 Å². The summed E-state index contributed by atoms with van der Waals surface area (Å²) in [4.78, 5) is 33.8. The highest BCUT2D eigenvalue weighted by Crippen LogP contribution is 2.30. The molecule has 1 aliphatic rings. The van der Waals surface area contributed by atoms with E-state index < -0.39 is 11.7 Å². The number of alkyl halides is 3. The van der Waals surface area contributed by atoms with E-state index in [9.17, 15) is 22.8 Å². The van der Waals surface area contributed by atoms with Crippen molar-refractivity contribution in [2.24, 2.45) is 0 Å². The zero-order chi connectivity index (χ0) is 22.8. The number of carbonyl (C=O) groups excluding carboxylic acids is 2. The summed E-state index contributed by atoms with van der Waals surface area (Å²) in [5.74, 6) is 0.202. The fraction of sp³-hybridized carbons (Fsp3) is 0.500. The molecule has 0 bridgehead atoms. The monoisotopic (exact) mass is 436 g/mol. The van der Waals surface area contributed by atoms with Crippen LogP contribution in [0.4, 0.5) is 19.0 Å². The van der Waals surface area contributed by atoms with Crippen LogP contribution >= 0.6 is 0 Å². The molecule has 1 aliphatic heterocycles. The first-order valence-corrected chi connectivity index (χ1v) is 10.4. The van der Waals surface area contributed by atoms with Crippen molar-refractivity contribution in [3.05, 3.63) is 46.4 Å². The maximum Gasteiger partial charge on any atom is 0.417 e. The molecule has 0 unspecified atom stereocenters. The maximum atomic E-state index is 12.9. The topological polar surface area (TPSA) is 78.1 Å². The van der Waals surface area contributed by atoms with Gasteiger partial charge in [-0.2, -0.15) is 13.2 Å². The third-order valence-corrected chi connectivity index (χ3v) is 5.60. The van der Waals surface area contributed by atoms with E-state index >= 15 is 0 Å². The second kappa shape index (κ2) is 9.11. The van der Waals surface area contributed by atoms with Gasteiger partial charge in [-0.3, -0.25) is 9.59 Å². The van der Waals surface area contributed by atoms with Crippen LogP contribution in [0, 0.1) is 6.92 Å². The molecule has 0 aliphatic carbocycles. The van der Waals surface area contributed by atoms with Gasteiger partial charge < -0.3 is 15.2 Å². The molecule has 0 aromatic carbocycles. The van der Waals surface area contributed by atoms with Crippen LogP contribution in [0.3, 0.4) is 0 Å². The average molecular weight is 436 g/mol. The molecular formula is C22H27F3N4O2. The number of H-pyrrole nitrogens is 1. The van der Waals surface area contributed by atoms with Crippen molar-refractivity contribution in [2.75, 3.05) is 18.0 Å². The van der Waals surface area contributed by atoms with Crippen molar-refractivity contribution >= 4 is 17.5 Å². The Kier molecular flexibility index (Phi) is 6.71. The van der Waals surface area contributed by atoms with Crippen LogP contribution in [0.2, 0.25) is 0 Å². The number of anilines is 1. The van der Waals surface area contributed by atoms with Crippen molar-refractivity contribution in [2.45, 2.75) is 58.7 Å². The minimum absolute atomic E-state index is 0.0583. The van der Waals surface area contributed by atoms with Crippen LogP contribution in [-0.2, 0) is 12.6 Å². The summed E-state index contributed by atoms with van der Waals surface area (Å²) in [6.07, 6.45) is -0.805. The number of aromatic nitrogens is 2. The van der Waals surface area contributed by atoms with E-state index in [2.05, 4.69) is 15.3 Å². The van der Waals surface area contributed by atoms with Gasteiger partial charge >= 0.3 is 6.18 Å². The van der Waals surface area contributed by atoms with Gasteiger partial charge in [0.05, 0.1) is 5.56 Å². The number of carbonyl (C=O) groups is 2. The van der Waals surface area contributed by atoms with Crippen molar-refractivity contribution < 1.29 is 22.8 Å². The predicted molar refractivity (Wildman–Crippen MR) is 111 cm³/mol. The highest BCUT2D eigenvalue weighted by atomic mass is 19.4. The minimum atomic E-state index is -4.40. The van der Waals surface area contributed by atoms with Gasteiger partial charge in [0, 0.05) is 36.6 Å². The Hall–Kier alpha value is -2.84. The number of ketones is 1. The van der Waals surface area contributed by atoms with E-state index in [0.717, 1.165) is 24.2 Å². The Morgan fingerprint density at radius 3 is 2.45 bits per heavy atom. The van der Waals surface area contributed by atoms with E-state index in [4.69, 9.17) is 0 Å². The van der Waals surface area contributed by atoms with Crippen molar-refractivity contribution in [3.63, 3.8) is 0 Å². The summed E-state index contributed by atoms with van der Waals surface area (Å²) in [6, 6.07) is 2.35. The molecule has 1 saturated heterocycles. The molecule has 9 heteroatoms. The first-order valence-electron chi connectivity index (χ1n) is 10.4. The number of rotatable bonds is 6. The summed E-state index contributed by atoms with van der Waals surface area (Å²) in [7, 11) is 0. The van der Waals surface area contributed by atoms with Gasteiger partial charge in [-0.15, -0.1) is 0 Å². The molecule has 2 aromatic rings. The van der Waals surface area contributed by atoms with Crippen LogP contribution < -0.4 is 10.2 Å². The smallest absolute Gasteiger partial charge is 0.356 e. The Bertz CT molecular complexity index is 943. The zero-order valence-electron chi connectivity index (χ0n) is 17.9. The lowest BCUT2D eigenvalue weighted by Gasteiger charge is -2.33. The SMILES string of the molecule is CCCc1c(C(=O)NC2CCN(c3ccc(C(F)(F)F)cn3)CC2)[nH]c(C)c1C(C)=O. The number of pyridine rings is 1. The van der Waals surface area contributed by atoms with Gasteiger partial charge in [-0.25, -0.2) is 4.98 Å². The molecule has 6 nitrogen and oxygen atoms in total. The number of piperidine rings is 1. The van der Waals surface area contributed by atoms with Crippen LogP contribution in [0.1, 0.15) is 70.8 Å². The number of halogens is 3. The summed E-state index contributed by atoms with van der Waals surface area (Å²) in [5, 5.41) is 3.04. The normalized spacial score (nSPS) is 15.2. The predicted octanol–water partition coefficient (Wildman–Crippen LogP) is 4.29. The molecule has 1 fully saturated rings. The van der Waals surface area contributed by atoms with Crippen LogP contribution in [0.15, 0.2) is 18.3 Å². The van der Waals surface area contributed by atoms with Crippen LogP contribution in [-0.4, -0.2) is 40.8 Å². The molecule has 31 heavy (non-hydrogen) atoms. The van der Waals surface area contributed by atoms with E-state index in [-0.39, 0.29) is 17.7 Å². The number of nitrogens with zero attached hydrogens (tertiary/aromatic N) is 2. The van der Waals surface area contributed by atoms with E-state index in [1.807, 2.05) is 11.8 Å². The third-order valence-electron chi connectivity index (χ3n) is 5.60. The molecule has 3 rings (SSSR count). The fourth-order valence-electron chi connectivity index (χ4n) is 4.10. The van der Waals surface area contributed by atoms with E-state index in [0.29, 0.717) is 55.1 Å². The van der Waals surface area contributed by atoms with E-state index in [1.54, 1.807) is 6.92 Å². The number of aryl methyl sites for hydroxylation is 1. The standard InChI is InChI=1S/C22H27F3N4O2/c1-4-5-17-19(14(3)30)13(2)27-20(17)21(31)28-16-8-10-29(11-9-16)18-7-6-15(12-26-18)22(23,24)25/h6-7,12,16,27H,4-5,8-11H2,1-3H3,(H,28,31). The lowest BCUT2D eigenvalue weighted by atomic mass is 10.00. The zero-order valence-corrected chi connectivity index (χ0v) is 17.9. The summed E-state index contributed by atoms with van der Waals surface area (Å²) in [6.45, 7) is 6.45. The molecule has 2 N–H and O–H groups in total. The number of hydrogen-bond donors (Lipinski definition) is 2. The lowest BCUT2D eigenvalue weighted by Crippen LogP contribution is -2.45. The summed E-state index contributed by atoms with van der Waals surface area (Å²) < 4.78 is 38.1. The maximum absolute atomic E-state index is 12.9. The molecule has 0 atom stereocenters. The number of aromatic amines is 1. The highest BCUT2D eigenvalue weighted by molar-refractivity contribution is 6.02. The second-order valence-electron chi connectivity index (χ2n) is 7.92. The minimum Gasteiger partial charge on any atom is -0.356 e. The van der Waals surface area contributed by atoms with Gasteiger partial charge in [0.2, 0.25) is 0 Å². The van der Waals surface area contributed by atoms with Crippen LogP contribution in [0.25, 0.3) is 0 Å². The molecule has 2 aromatic heterocycles. The highest BCUT2D eigenvalue weighted by Gasteiger charge is 2.31. The second-order valence-corrected chi connectivity index (χ2v) is 7.92. The Balaban J connectivity index is 1.63. The Morgan fingerprint density at radius 2 is 1.94 bits per heavy atom. The molecule has 0 radical (unpaired) electrons. The third kappa shape index (κ3) is 5.08. The lowest BCUT2D eigenvalue weighted by molar-refractivity contribution is -0.137. The molecular weight excluding hydrogens is 409 g/mol. The molecule has 1 amide bonds. The molecule has 0 saturated carbocycles. The van der Waals surface area contributed by atoms with Gasteiger partial charge in [0.25, 0.3) is 5.91 Å². The quantitative estimate of drug-likeness (QED) is 0.663. The van der Waals surface area contributed by atoms with Crippen molar-refractivity contribution in [3.8, 4) is 0 Å². The number of amides is 1. The first-order chi connectivity index (χ1) is 14.6. The van der Waals surface area contributed by atoms with Crippen molar-refractivity contribution in [1.29, 1.82) is 0 Å². The number of nitrogens with one attached hydrogen (secondary N) is 2. The number of hydrogen-bond acceptors (Lipinski definition) is 4.